The fourth-order valence-electron chi connectivity index (χ4n) is 0.841. The molecule has 0 aromatic carbocycles. The van der Waals surface area contributed by atoms with Gasteiger partial charge in [0.2, 0.25) is 0 Å². The maximum absolute atomic E-state index is 3.15. The number of hydrogen-bond acceptors (Lipinski definition) is 2. The summed E-state index contributed by atoms with van der Waals surface area (Å²) in [6, 6.07) is 0. The van der Waals surface area contributed by atoms with Gasteiger partial charge in [-0.05, 0) is 39.5 Å². The first-order chi connectivity index (χ1) is 4.31. The van der Waals surface area contributed by atoms with Crippen molar-refractivity contribution < 1.29 is 0 Å². The zero-order valence-corrected chi connectivity index (χ0v) is 6.70. The monoisotopic (exact) mass is 130 g/mol. The van der Waals surface area contributed by atoms with Gasteiger partial charge in [-0.15, -0.1) is 0 Å². The zero-order chi connectivity index (χ0) is 7.11. The van der Waals surface area contributed by atoms with E-state index in [0.29, 0.717) is 0 Å². The molecule has 1 atom stereocenters. The molecule has 9 heavy (non-hydrogen) atoms. The van der Waals surface area contributed by atoms with E-state index in [4.69, 9.17) is 0 Å². The minimum atomic E-state index is 0.794. The molecule has 2 nitrogen and oxygen atoms in total. The number of rotatable bonds is 5. The van der Waals surface area contributed by atoms with Crippen LogP contribution >= 0.6 is 0 Å². The van der Waals surface area contributed by atoms with Crippen LogP contribution in [-0.4, -0.2) is 27.2 Å². The lowest BCUT2D eigenvalue weighted by Crippen LogP contribution is -2.20. The first-order valence-electron chi connectivity index (χ1n) is 3.60. The zero-order valence-electron chi connectivity index (χ0n) is 6.70. The Balaban J connectivity index is 2.95. The van der Waals surface area contributed by atoms with Crippen molar-refractivity contribution in [2.75, 3.05) is 27.2 Å². The van der Waals surface area contributed by atoms with Crippen LogP contribution in [0.5, 0.6) is 0 Å². The van der Waals surface area contributed by atoms with Crippen LogP contribution in [0.1, 0.15) is 13.3 Å². The molecule has 1 unspecified atom stereocenters. The van der Waals surface area contributed by atoms with Gasteiger partial charge in [-0.3, -0.25) is 0 Å². The first kappa shape index (κ1) is 8.92. The van der Waals surface area contributed by atoms with Gasteiger partial charge in [0.15, 0.2) is 0 Å². The van der Waals surface area contributed by atoms with Crippen molar-refractivity contribution >= 4 is 0 Å². The lowest BCUT2D eigenvalue weighted by atomic mass is 10.1. The lowest BCUT2D eigenvalue weighted by Gasteiger charge is -2.08. The topological polar surface area (TPSA) is 24.1 Å². The fraction of sp³-hybridized carbons (Fsp3) is 1.00. The molecule has 0 aliphatic heterocycles. The Kier molecular flexibility index (Phi) is 5.99. The van der Waals surface area contributed by atoms with E-state index in [0.717, 1.165) is 19.0 Å². The highest BCUT2D eigenvalue weighted by atomic mass is 14.8. The third kappa shape index (κ3) is 5.80. The van der Waals surface area contributed by atoms with Gasteiger partial charge in [-0.2, -0.15) is 0 Å². The summed E-state index contributed by atoms with van der Waals surface area (Å²) in [5.74, 6) is 0.794. The van der Waals surface area contributed by atoms with E-state index in [9.17, 15) is 0 Å². The predicted octanol–water partition coefficient (Wildman–Crippen LogP) is 0.451. The van der Waals surface area contributed by atoms with Crippen molar-refractivity contribution in [3.8, 4) is 0 Å². The van der Waals surface area contributed by atoms with Crippen molar-refractivity contribution in [3.05, 3.63) is 0 Å². The van der Waals surface area contributed by atoms with E-state index in [2.05, 4.69) is 17.6 Å². The molecule has 0 radical (unpaired) electrons. The highest BCUT2D eigenvalue weighted by Gasteiger charge is 1.96. The second-order valence-corrected chi connectivity index (χ2v) is 2.56. The summed E-state index contributed by atoms with van der Waals surface area (Å²) in [7, 11) is 3.99. The number of hydrogen-bond donors (Lipinski definition) is 2. The van der Waals surface area contributed by atoms with Gasteiger partial charge in [0.25, 0.3) is 0 Å². The molecule has 0 saturated heterocycles. The third-order valence-electron chi connectivity index (χ3n) is 1.44. The van der Waals surface area contributed by atoms with Crippen molar-refractivity contribution in [2.24, 2.45) is 5.92 Å². The van der Waals surface area contributed by atoms with Crippen LogP contribution in [0.3, 0.4) is 0 Å². The standard InChI is InChI=1S/C7H18N2/c1-7(6-9-3)4-5-8-2/h7-9H,4-6H2,1-3H3. The van der Waals surface area contributed by atoms with E-state index in [1.807, 2.05) is 14.1 Å². The van der Waals surface area contributed by atoms with Crippen molar-refractivity contribution in [2.45, 2.75) is 13.3 Å². The summed E-state index contributed by atoms with van der Waals surface area (Å²) in [6.45, 7) is 4.51. The quantitative estimate of drug-likeness (QED) is 0.564. The molecule has 0 amide bonds. The summed E-state index contributed by atoms with van der Waals surface area (Å²) < 4.78 is 0. The third-order valence-corrected chi connectivity index (χ3v) is 1.44. The summed E-state index contributed by atoms with van der Waals surface area (Å²) in [6.07, 6.45) is 1.26. The molecule has 2 N–H and O–H groups in total. The maximum atomic E-state index is 3.15. The second kappa shape index (κ2) is 6.05. The SMILES string of the molecule is CNCCC(C)CNC. The van der Waals surface area contributed by atoms with Crippen LogP contribution < -0.4 is 10.6 Å². The minimum absolute atomic E-state index is 0.794. The molecule has 2 heteroatoms. The largest absolute Gasteiger partial charge is 0.320 e. The molecule has 0 aromatic heterocycles. The second-order valence-electron chi connectivity index (χ2n) is 2.56. The molecule has 0 aliphatic carbocycles. The molecule has 0 aliphatic rings. The molecular weight excluding hydrogens is 112 g/mol. The van der Waals surface area contributed by atoms with Gasteiger partial charge in [0.1, 0.15) is 0 Å². The van der Waals surface area contributed by atoms with E-state index < -0.39 is 0 Å². The van der Waals surface area contributed by atoms with Crippen molar-refractivity contribution in [1.29, 1.82) is 0 Å². The molecule has 0 fully saturated rings. The van der Waals surface area contributed by atoms with Crippen LogP contribution in [-0.2, 0) is 0 Å². The molecule has 0 heterocycles. The number of nitrogens with one attached hydrogen (secondary N) is 2. The Bertz CT molecular complexity index is 54.9. The Hall–Kier alpha value is -0.0800. The first-order valence-corrected chi connectivity index (χ1v) is 3.60. The average Bonchev–Trinajstić information content (AvgIpc) is 1.85. The molecule has 56 valence electrons. The van der Waals surface area contributed by atoms with Gasteiger partial charge in [-0.1, -0.05) is 6.92 Å². The summed E-state index contributed by atoms with van der Waals surface area (Å²) in [5.41, 5.74) is 0. The molecule has 0 spiro atoms. The molecule has 0 aromatic rings. The molecule has 0 saturated carbocycles. The van der Waals surface area contributed by atoms with Gasteiger partial charge < -0.3 is 10.6 Å². The summed E-state index contributed by atoms with van der Waals surface area (Å²) in [5, 5.41) is 6.28. The van der Waals surface area contributed by atoms with Gasteiger partial charge in [-0.25, -0.2) is 0 Å². The molecule has 0 bridgehead atoms. The van der Waals surface area contributed by atoms with Crippen LogP contribution in [0.4, 0.5) is 0 Å². The maximum Gasteiger partial charge on any atom is -0.00257 e. The van der Waals surface area contributed by atoms with Crippen LogP contribution in [0.15, 0.2) is 0 Å². The van der Waals surface area contributed by atoms with Gasteiger partial charge in [0, 0.05) is 0 Å². The highest BCUT2D eigenvalue weighted by Crippen LogP contribution is 1.96. The van der Waals surface area contributed by atoms with Crippen molar-refractivity contribution in [3.63, 3.8) is 0 Å². The Morgan fingerprint density at radius 1 is 1.22 bits per heavy atom. The summed E-state index contributed by atoms with van der Waals surface area (Å²) in [4.78, 5) is 0. The average molecular weight is 130 g/mol. The Labute approximate surface area is 58.0 Å². The Morgan fingerprint density at radius 3 is 2.33 bits per heavy atom. The normalized spacial score (nSPS) is 13.7. The highest BCUT2D eigenvalue weighted by molar-refractivity contribution is 4.55. The van der Waals surface area contributed by atoms with Crippen LogP contribution in [0, 0.1) is 5.92 Å². The van der Waals surface area contributed by atoms with Crippen molar-refractivity contribution in [1.82, 2.24) is 10.6 Å². The van der Waals surface area contributed by atoms with E-state index in [1.54, 1.807) is 0 Å². The summed E-state index contributed by atoms with van der Waals surface area (Å²) >= 11 is 0. The van der Waals surface area contributed by atoms with Gasteiger partial charge in [0.05, 0.1) is 0 Å². The Morgan fingerprint density at radius 2 is 1.89 bits per heavy atom. The fourth-order valence-corrected chi connectivity index (χ4v) is 0.841. The lowest BCUT2D eigenvalue weighted by molar-refractivity contribution is 0.493. The predicted molar refractivity (Wildman–Crippen MR) is 41.6 cm³/mol. The van der Waals surface area contributed by atoms with Crippen LogP contribution in [0.25, 0.3) is 0 Å². The van der Waals surface area contributed by atoms with Crippen LogP contribution in [0.2, 0.25) is 0 Å². The van der Waals surface area contributed by atoms with E-state index in [1.165, 1.54) is 6.42 Å². The van der Waals surface area contributed by atoms with Gasteiger partial charge >= 0.3 is 0 Å². The molecule has 0 rings (SSSR count). The van der Waals surface area contributed by atoms with E-state index >= 15 is 0 Å². The minimum Gasteiger partial charge on any atom is -0.320 e. The smallest absolute Gasteiger partial charge is 0.00257 e. The van der Waals surface area contributed by atoms with E-state index in [-0.39, 0.29) is 0 Å². The molecular formula is C7H18N2.